The van der Waals surface area contributed by atoms with Gasteiger partial charge in [0.2, 0.25) is 0 Å². The van der Waals surface area contributed by atoms with Gasteiger partial charge in [0.15, 0.2) is 24.7 Å². The van der Waals surface area contributed by atoms with Gasteiger partial charge < -0.3 is 30.0 Å². The fraction of sp³-hybridized carbons (Fsp3) is 0.211. The standard InChI is InChI=1S/C19H19ClN2O7/c1-26-14-6-4-3-5-13(14)22-17(24)10-29-19(25)11-7-12(20)18(15(8-11)27-2)28-9-16(21)23/h3-8H,9-10H2,1-2H3,(H2,21,23)(H,22,24). The van der Waals surface area contributed by atoms with E-state index in [-0.39, 0.29) is 22.1 Å². The van der Waals surface area contributed by atoms with Crippen LogP contribution in [0.3, 0.4) is 0 Å². The molecule has 0 aliphatic carbocycles. The Labute approximate surface area is 171 Å². The molecule has 2 amide bonds. The molecular formula is C19H19ClN2O7. The third kappa shape index (κ3) is 6.01. The summed E-state index contributed by atoms with van der Waals surface area (Å²) in [5, 5.41) is 2.59. The van der Waals surface area contributed by atoms with Crippen molar-refractivity contribution in [3.05, 3.63) is 47.0 Å². The van der Waals surface area contributed by atoms with E-state index in [0.717, 1.165) is 0 Å². The average Bonchev–Trinajstić information content (AvgIpc) is 2.70. The van der Waals surface area contributed by atoms with Crippen molar-refractivity contribution < 1.29 is 33.3 Å². The third-order valence-electron chi connectivity index (χ3n) is 3.54. The fourth-order valence-electron chi connectivity index (χ4n) is 2.27. The number of carbonyl (C=O) groups is 3. The van der Waals surface area contributed by atoms with Crippen LogP contribution in [0.2, 0.25) is 5.02 Å². The van der Waals surface area contributed by atoms with E-state index < -0.39 is 31.0 Å². The largest absolute Gasteiger partial charge is 0.495 e. The number of para-hydroxylation sites is 2. The molecule has 0 saturated carbocycles. The van der Waals surface area contributed by atoms with Crippen LogP contribution in [0.1, 0.15) is 10.4 Å². The Kier molecular flexibility index (Phi) is 7.67. The number of esters is 1. The molecule has 2 aromatic carbocycles. The molecule has 0 fully saturated rings. The van der Waals surface area contributed by atoms with Gasteiger partial charge in [-0.05, 0) is 24.3 Å². The van der Waals surface area contributed by atoms with Crippen molar-refractivity contribution in [2.45, 2.75) is 0 Å². The molecule has 0 aliphatic heterocycles. The smallest absolute Gasteiger partial charge is 0.338 e. The number of nitrogens with one attached hydrogen (secondary N) is 1. The highest BCUT2D eigenvalue weighted by atomic mass is 35.5. The number of halogens is 1. The minimum Gasteiger partial charge on any atom is -0.495 e. The summed E-state index contributed by atoms with van der Waals surface area (Å²) in [6, 6.07) is 9.37. The van der Waals surface area contributed by atoms with Crippen LogP contribution >= 0.6 is 11.6 Å². The predicted molar refractivity (Wildman–Crippen MR) is 105 cm³/mol. The number of hydrogen-bond acceptors (Lipinski definition) is 7. The lowest BCUT2D eigenvalue weighted by Crippen LogP contribution is -2.21. The second-order valence-electron chi connectivity index (χ2n) is 5.57. The molecule has 0 aliphatic rings. The summed E-state index contributed by atoms with van der Waals surface area (Å²) in [4.78, 5) is 35.2. The zero-order chi connectivity index (χ0) is 21.4. The van der Waals surface area contributed by atoms with Crippen molar-refractivity contribution >= 4 is 35.1 Å². The van der Waals surface area contributed by atoms with Crippen LogP contribution in [0.5, 0.6) is 17.2 Å². The van der Waals surface area contributed by atoms with Gasteiger partial charge in [0.1, 0.15) is 5.75 Å². The van der Waals surface area contributed by atoms with Crippen LogP contribution < -0.4 is 25.3 Å². The Balaban J connectivity index is 2.03. The quantitative estimate of drug-likeness (QED) is 0.592. The van der Waals surface area contributed by atoms with E-state index in [2.05, 4.69) is 5.32 Å². The lowest BCUT2D eigenvalue weighted by molar-refractivity contribution is -0.120. The van der Waals surface area contributed by atoms with Gasteiger partial charge in [-0.1, -0.05) is 23.7 Å². The molecular weight excluding hydrogens is 404 g/mol. The summed E-state index contributed by atoms with van der Waals surface area (Å²) in [7, 11) is 2.80. The zero-order valence-corrected chi connectivity index (χ0v) is 16.4. The normalized spacial score (nSPS) is 10.0. The van der Waals surface area contributed by atoms with E-state index in [0.29, 0.717) is 11.4 Å². The van der Waals surface area contributed by atoms with Gasteiger partial charge in [0.05, 0.1) is 30.5 Å². The number of hydrogen-bond donors (Lipinski definition) is 2. The third-order valence-corrected chi connectivity index (χ3v) is 3.82. The Morgan fingerprint density at radius 2 is 1.72 bits per heavy atom. The first-order chi connectivity index (χ1) is 13.8. The summed E-state index contributed by atoms with van der Waals surface area (Å²) < 4.78 is 20.4. The van der Waals surface area contributed by atoms with E-state index in [9.17, 15) is 14.4 Å². The summed E-state index contributed by atoms with van der Waals surface area (Å²) in [6.45, 7) is -0.945. The molecule has 10 heteroatoms. The summed E-state index contributed by atoms with van der Waals surface area (Å²) >= 11 is 6.09. The molecule has 29 heavy (non-hydrogen) atoms. The first-order valence-corrected chi connectivity index (χ1v) is 8.62. The molecule has 0 bridgehead atoms. The molecule has 0 heterocycles. The molecule has 3 N–H and O–H groups in total. The number of rotatable bonds is 9. The molecule has 154 valence electrons. The molecule has 0 spiro atoms. The van der Waals surface area contributed by atoms with E-state index in [1.54, 1.807) is 24.3 Å². The zero-order valence-electron chi connectivity index (χ0n) is 15.7. The number of primary amides is 1. The molecule has 2 rings (SSSR count). The van der Waals surface area contributed by atoms with Gasteiger partial charge in [0, 0.05) is 0 Å². The Bertz CT molecular complexity index is 917. The fourth-order valence-corrected chi connectivity index (χ4v) is 2.53. The van der Waals surface area contributed by atoms with E-state index in [1.807, 2.05) is 0 Å². The van der Waals surface area contributed by atoms with Gasteiger partial charge in [-0.2, -0.15) is 0 Å². The highest BCUT2D eigenvalue weighted by Crippen LogP contribution is 2.36. The maximum absolute atomic E-state index is 12.3. The van der Waals surface area contributed by atoms with Gasteiger partial charge in [-0.25, -0.2) is 4.79 Å². The lowest BCUT2D eigenvalue weighted by Gasteiger charge is -2.13. The predicted octanol–water partition coefficient (Wildman–Crippen LogP) is 2.02. The minimum atomic E-state index is -0.804. The Morgan fingerprint density at radius 1 is 1.03 bits per heavy atom. The van der Waals surface area contributed by atoms with Crippen LogP contribution in [0.4, 0.5) is 5.69 Å². The van der Waals surface area contributed by atoms with Crippen molar-refractivity contribution in [3.8, 4) is 17.2 Å². The number of carbonyl (C=O) groups excluding carboxylic acids is 3. The Hall–Kier alpha value is -3.46. The number of benzene rings is 2. The van der Waals surface area contributed by atoms with Gasteiger partial charge in [-0.15, -0.1) is 0 Å². The number of methoxy groups -OCH3 is 2. The molecule has 0 atom stereocenters. The first kappa shape index (κ1) is 21.8. The maximum atomic E-state index is 12.3. The molecule has 0 aromatic heterocycles. The molecule has 9 nitrogen and oxygen atoms in total. The summed E-state index contributed by atoms with van der Waals surface area (Å²) in [5.74, 6) is -1.44. The van der Waals surface area contributed by atoms with Crippen molar-refractivity contribution in [2.24, 2.45) is 5.73 Å². The van der Waals surface area contributed by atoms with Crippen LogP contribution in [-0.2, 0) is 14.3 Å². The second-order valence-corrected chi connectivity index (χ2v) is 5.98. The van der Waals surface area contributed by atoms with Crippen molar-refractivity contribution in [1.29, 1.82) is 0 Å². The molecule has 0 unspecified atom stereocenters. The summed E-state index contributed by atoms with van der Waals surface area (Å²) in [5.41, 5.74) is 5.51. The average molecular weight is 423 g/mol. The monoisotopic (exact) mass is 422 g/mol. The number of ether oxygens (including phenoxy) is 4. The van der Waals surface area contributed by atoms with E-state index in [4.69, 9.17) is 36.3 Å². The van der Waals surface area contributed by atoms with Crippen molar-refractivity contribution in [1.82, 2.24) is 0 Å². The second kappa shape index (κ2) is 10.2. The van der Waals surface area contributed by atoms with Crippen molar-refractivity contribution in [3.63, 3.8) is 0 Å². The molecule has 0 radical (unpaired) electrons. The topological polar surface area (TPSA) is 126 Å². The van der Waals surface area contributed by atoms with E-state index in [1.165, 1.54) is 26.4 Å². The first-order valence-electron chi connectivity index (χ1n) is 8.24. The van der Waals surface area contributed by atoms with Crippen LogP contribution in [0.25, 0.3) is 0 Å². The van der Waals surface area contributed by atoms with Gasteiger partial charge >= 0.3 is 5.97 Å². The van der Waals surface area contributed by atoms with Crippen LogP contribution in [-0.4, -0.2) is 45.2 Å². The maximum Gasteiger partial charge on any atom is 0.338 e. The Morgan fingerprint density at radius 3 is 2.38 bits per heavy atom. The SMILES string of the molecule is COc1ccccc1NC(=O)COC(=O)c1cc(Cl)c(OCC(N)=O)c(OC)c1. The molecule has 0 saturated heterocycles. The van der Waals surface area contributed by atoms with Gasteiger partial charge in [0.25, 0.3) is 11.8 Å². The van der Waals surface area contributed by atoms with E-state index >= 15 is 0 Å². The van der Waals surface area contributed by atoms with Crippen LogP contribution in [0.15, 0.2) is 36.4 Å². The number of anilines is 1. The highest BCUT2D eigenvalue weighted by molar-refractivity contribution is 6.32. The minimum absolute atomic E-state index is 0.0102. The summed E-state index contributed by atoms with van der Waals surface area (Å²) in [6.07, 6.45) is 0. The number of nitrogens with two attached hydrogens (primary N) is 1. The number of amides is 2. The van der Waals surface area contributed by atoms with Crippen molar-refractivity contribution in [2.75, 3.05) is 32.8 Å². The highest BCUT2D eigenvalue weighted by Gasteiger charge is 2.18. The van der Waals surface area contributed by atoms with Crippen LogP contribution in [0, 0.1) is 0 Å². The lowest BCUT2D eigenvalue weighted by atomic mass is 10.2. The van der Waals surface area contributed by atoms with Gasteiger partial charge in [-0.3, -0.25) is 9.59 Å². The molecule has 2 aromatic rings.